The van der Waals surface area contributed by atoms with Crippen LogP contribution in [-0.4, -0.2) is 45.6 Å². The van der Waals surface area contributed by atoms with Crippen LogP contribution < -0.4 is 31.9 Å². The van der Waals surface area contributed by atoms with Crippen molar-refractivity contribution < 1.29 is 23.1 Å². The molecule has 1 saturated heterocycles. The second kappa shape index (κ2) is 12.6. The van der Waals surface area contributed by atoms with Crippen LogP contribution in [0.2, 0.25) is 0 Å². The molecule has 3 heterocycles. The van der Waals surface area contributed by atoms with Gasteiger partial charge in [-0.25, -0.2) is 18.6 Å². The van der Waals surface area contributed by atoms with E-state index < -0.39 is 28.8 Å². The third-order valence-electron chi connectivity index (χ3n) is 8.96. The summed E-state index contributed by atoms with van der Waals surface area (Å²) in [6, 6.07) is 8.97. The fourth-order valence-corrected chi connectivity index (χ4v) is 6.41. The molecule has 0 saturated carbocycles. The molecule has 2 aromatic carbocycles. The van der Waals surface area contributed by atoms with Gasteiger partial charge in [-0.1, -0.05) is 12.1 Å². The Bertz CT molecular complexity index is 2060. The molecular formula is C34H34F2N6O5. The molecule has 11 nitrogen and oxygen atoms in total. The first kappa shape index (κ1) is 31.8. The van der Waals surface area contributed by atoms with Gasteiger partial charge < -0.3 is 25.3 Å². The van der Waals surface area contributed by atoms with Gasteiger partial charge in [-0.3, -0.25) is 19.0 Å². The lowest BCUT2D eigenvalue weighted by atomic mass is 9.94. The first-order chi connectivity index (χ1) is 22.5. The number of amides is 2. The van der Waals surface area contributed by atoms with Crippen molar-refractivity contribution in [2.45, 2.75) is 44.7 Å². The number of nitrogens with one attached hydrogen (secondary N) is 3. The molecule has 2 unspecified atom stereocenters. The quantitative estimate of drug-likeness (QED) is 0.267. The first-order valence-electron chi connectivity index (χ1n) is 15.2. The van der Waals surface area contributed by atoms with Gasteiger partial charge in [0.05, 0.1) is 18.4 Å². The lowest BCUT2D eigenvalue weighted by Crippen LogP contribution is -2.40. The van der Waals surface area contributed by atoms with Crippen molar-refractivity contribution in [3.8, 4) is 28.3 Å². The number of benzene rings is 2. The molecule has 0 bridgehead atoms. The molecule has 0 spiro atoms. The summed E-state index contributed by atoms with van der Waals surface area (Å²) < 4.78 is 39.4. The Morgan fingerprint density at radius 2 is 1.87 bits per heavy atom. The van der Waals surface area contributed by atoms with Gasteiger partial charge in [-0.2, -0.15) is 0 Å². The molecule has 1 fully saturated rings. The van der Waals surface area contributed by atoms with Crippen molar-refractivity contribution >= 4 is 17.5 Å². The number of halogens is 2. The minimum atomic E-state index is -0.831. The molecule has 2 aliphatic rings. The number of carbonyl (C=O) groups is 2. The normalized spacial score (nSPS) is 17.0. The number of ether oxygens (including phenoxy) is 1. The number of carbonyl (C=O) groups excluding carboxylic acids is 2. The van der Waals surface area contributed by atoms with E-state index in [4.69, 9.17) is 4.74 Å². The zero-order valence-corrected chi connectivity index (χ0v) is 26.4. The molecule has 4 aromatic rings. The molecule has 6 rings (SSSR count). The smallest absolute Gasteiger partial charge is 0.330 e. The van der Waals surface area contributed by atoms with Crippen LogP contribution in [0.25, 0.3) is 22.4 Å². The van der Waals surface area contributed by atoms with Crippen molar-refractivity contribution in [2.75, 3.05) is 19.0 Å². The number of nitrogens with zero attached hydrogens (tertiary/aromatic N) is 3. The number of aromatic nitrogens is 3. The van der Waals surface area contributed by atoms with E-state index in [2.05, 4.69) is 20.9 Å². The highest BCUT2D eigenvalue weighted by atomic mass is 19.1. The third-order valence-corrected chi connectivity index (χ3v) is 8.96. The number of anilines is 1. The number of methoxy groups -OCH3 is 1. The fraction of sp³-hybridized carbons (Fsp3) is 0.324. The van der Waals surface area contributed by atoms with Gasteiger partial charge in [-0.05, 0) is 67.1 Å². The zero-order chi connectivity index (χ0) is 33.6. The van der Waals surface area contributed by atoms with Gasteiger partial charge in [0.15, 0.2) is 0 Å². The zero-order valence-electron chi connectivity index (χ0n) is 26.4. The van der Waals surface area contributed by atoms with Gasteiger partial charge in [0.1, 0.15) is 17.2 Å². The number of pyridine rings is 1. The Kier molecular flexibility index (Phi) is 8.49. The van der Waals surface area contributed by atoms with Crippen molar-refractivity contribution in [2.24, 2.45) is 14.1 Å². The summed E-state index contributed by atoms with van der Waals surface area (Å²) in [6.45, 7) is 2.22. The number of aryl methyl sites for hydroxylation is 2. The van der Waals surface area contributed by atoms with Crippen LogP contribution in [0.4, 0.5) is 14.5 Å². The maximum Gasteiger partial charge on any atom is 0.330 e. The summed E-state index contributed by atoms with van der Waals surface area (Å²) in [5.74, 6) is -2.01. The second-order valence-corrected chi connectivity index (χ2v) is 11.9. The van der Waals surface area contributed by atoms with Crippen molar-refractivity contribution in [3.63, 3.8) is 0 Å². The van der Waals surface area contributed by atoms with E-state index in [9.17, 15) is 19.2 Å². The number of hydrogen-bond donors (Lipinski definition) is 3. The molecule has 2 amide bonds. The Hall–Kier alpha value is -5.17. The molecule has 1 aliphatic carbocycles. The average Bonchev–Trinajstić information content (AvgIpc) is 3.67. The van der Waals surface area contributed by atoms with Crippen LogP contribution in [0.15, 0.2) is 52.2 Å². The van der Waals surface area contributed by atoms with E-state index in [1.165, 1.54) is 33.3 Å². The van der Waals surface area contributed by atoms with Crippen LogP contribution in [0.1, 0.15) is 52.4 Å². The fourth-order valence-electron chi connectivity index (χ4n) is 6.41. The van der Waals surface area contributed by atoms with Crippen LogP contribution in [-0.2, 0) is 25.3 Å². The number of hydrogen-bond acceptors (Lipinski definition) is 7. The van der Waals surface area contributed by atoms with Crippen molar-refractivity contribution in [1.82, 2.24) is 24.8 Å². The Morgan fingerprint density at radius 1 is 1.09 bits per heavy atom. The minimum absolute atomic E-state index is 0.0471. The predicted molar refractivity (Wildman–Crippen MR) is 171 cm³/mol. The van der Waals surface area contributed by atoms with E-state index in [0.717, 1.165) is 39.3 Å². The van der Waals surface area contributed by atoms with Crippen LogP contribution in [0.5, 0.6) is 5.88 Å². The molecule has 3 N–H and O–H groups in total. The van der Waals surface area contributed by atoms with Crippen LogP contribution in [0.3, 0.4) is 0 Å². The highest BCUT2D eigenvalue weighted by Gasteiger charge is 2.31. The van der Waals surface area contributed by atoms with E-state index >= 15 is 8.78 Å². The molecule has 244 valence electrons. The van der Waals surface area contributed by atoms with Crippen LogP contribution >= 0.6 is 0 Å². The molecular weight excluding hydrogens is 610 g/mol. The summed E-state index contributed by atoms with van der Waals surface area (Å²) >= 11 is 0. The summed E-state index contributed by atoms with van der Waals surface area (Å²) in [7, 11) is 4.19. The highest BCUT2D eigenvalue weighted by Crippen LogP contribution is 2.41. The standard InChI is InChI=1S/C34H34F2N6O5/c1-17-20(6-5-7-24(17)39-31(44)22-16-41(2)34(46)42(3)33(22)45)29-23(35)11-10-21(30(29)36)26-14-18-8-12-25(28(18)32(40-26)47-4)37-15-19-9-13-27(43)38-19/h5-7,10-11,14,16,19,25,37H,8-9,12-13,15H2,1-4H3,(H,38,43)(H,39,44). The van der Waals surface area contributed by atoms with Gasteiger partial charge in [0.25, 0.3) is 11.5 Å². The summed E-state index contributed by atoms with van der Waals surface area (Å²) in [6.07, 6.45) is 3.91. The van der Waals surface area contributed by atoms with Gasteiger partial charge >= 0.3 is 5.69 Å². The lowest BCUT2D eigenvalue weighted by molar-refractivity contribution is -0.119. The van der Waals surface area contributed by atoms with E-state index in [1.807, 2.05) is 0 Å². The summed E-state index contributed by atoms with van der Waals surface area (Å²) in [5, 5.41) is 9.11. The molecule has 2 atom stereocenters. The van der Waals surface area contributed by atoms with Gasteiger partial charge in [0, 0.05) is 62.2 Å². The minimum Gasteiger partial charge on any atom is -0.481 e. The van der Waals surface area contributed by atoms with E-state index in [1.54, 1.807) is 31.2 Å². The summed E-state index contributed by atoms with van der Waals surface area (Å²) in [5.41, 5.74) is 1.07. The number of fused-ring (bicyclic) bond motifs is 1. The summed E-state index contributed by atoms with van der Waals surface area (Å²) in [4.78, 5) is 54.0. The monoisotopic (exact) mass is 644 g/mol. The van der Waals surface area contributed by atoms with Gasteiger partial charge in [-0.15, -0.1) is 0 Å². The molecule has 47 heavy (non-hydrogen) atoms. The Morgan fingerprint density at radius 3 is 2.60 bits per heavy atom. The van der Waals surface area contributed by atoms with Gasteiger partial charge in [0.2, 0.25) is 11.8 Å². The molecule has 1 aliphatic heterocycles. The maximum absolute atomic E-state index is 16.4. The molecule has 2 aromatic heterocycles. The first-order valence-corrected chi connectivity index (χ1v) is 15.2. The predicted octanol–water partition coefficient (Wildman–Crippen LogP) is 3.52. The molecule has 0 radical (unpaired) electrons. The van der Waals surface area contributed by atoms with E-state index in [0.29, 0.717) is 30.8 Å². The topological polar surface area (TPSA) is 136 Å². The number of rotatable bonds is 8. The highest BCUT2D eigenvalue weighted by molar-refractivity contribution is 6.04. The lowest BCUT2D eigenvalue weighted by Gasteiger charge is -2.20. The largest absolute Gasteiger partial charge is 0.481 e. The Balaban J connectivity index is 1.32. The van der Waals surface area contributed by atoms with Crippen molar-refractivity contribution in [3.05, 3.63) is 97.3 Å². The molecule has 13 heteroatoms. The maximum atomic E-state index is 16.4. The van der Waals surface area contributed by atoms with Crippen molar-refractivity contribution in [1.29, 1.82) is 0 Å². The van der Waals surface area contributed by atoms with Crippen LogP contribution in [0, 0.1) is 18.6 Å². The van der Waals surface area contributed by atoms with E-state index in [-0.39, 0.29) is 51.6 Å². The average molecular weight is 645 g/mol. The third kappa shape index (κ3) is 5.82. The second-order valence-electron chi connectivity index (χ2n) is 11.9. The Labute approximate surface area is 268 Å². The SMILES string of the molecule is COc1nc(-c2ccc(F)c(-c3cccc(NC(=O)c4cn(C)c(=O)n(C)c4=O)c3C)c2F)cc2c1C(NCC1CCC(=O)N1)CC2.